The third-order valence-corrected chi connectivity index (χ3v) is 3.13. The van der Waals surface area contributed by atoms with Crippen molar-refractivity contribution >= 4 is 0 Å². The van der Waals surface area contributed by atoms with Gasteiger partial charge >= 0.3 is 0 Å². The molecule has 2 N–H and O–H groups in total. The maximum atomic E-state index is 5.92. The maximum Gasteiger partial charge on any atom is 0.0219 e. The predicted molar refractivity (Wildman–Crippen MR) is 46.4 cm³/mol. The Morgan fingerprint density at radius 3 is 2.55 bits per heavy atom. The lowest BCUT2D eigenvalue weighted by Crippen LogP contribution is -2.37. The highest BCUT2D eigenvalue weighted by molar-refractivity contribution is 4.89. The van der Waals surface area contributed by atoms with Crippen molar-refractivity contribution in [3.63, 3.8) is 0 Å². The summed E-state index contributed by atoms with van der Waals surface area (Å²) < 4.78 is 0. The standard InChI is InChI=1S/C9H18N2/c1-7-9(10)4-5-11(7)6-8-2-3-8/h7-9H,2-6,10H2,1H3. The van der Waals surface area contributed by atoms with Crippen molar-refractivity contribution in [2.24, 2.45) is 11.7 Å². The van der Waals surface area contributed by atoms with E-state index in [1.54, 1.807) is 0 Å². The van der Waals surface area contributed by atoms with Crippen molar-refractivity contribution in [1.29, 1.82) is 0 Å². The van der Waals surface area contributed by atoms with Gasteiger partial charge in [0.25, 0.3) is 0 Å². The summed E-state index contributed by atoms with van der Waals surface area (Å²) in [5.41, 5.74) is 5.92. The highest BCUT2D eigenvalue weighted by atomic mass is 15.2. The Balaban J connectivity index is 1.83. The molecule has 1 aliphatic heterocycles. The Hall–Kier alpha value is -0.0800. The van der Waals surface area contributed by atoms with Gasteiger partial charge in [0, 0.05) is 25.2 Å². The first-order chi connectivity index (χ1) is 5.27. The van der Waals surface area contributed by atoms with Crippen LogP contribution in [0, 0.1) is 5.92 Å². The van der Waals surface area contributed by atoms with Crippen LogP contribution in [0.5, 0.6) is 0 Å². The molecule has 0 spiro atoms. The van der Waals surface area contributed by atoms with E-state index in [9.17, 15) is 0 Å². The molecule has 1 saturated heterocycles. The fourth-order valence-electron chi connectivity index (χ4n) is 1.92. The van der Waals surface area contributed by atoms with Crippen LogP contribution in [0.15, 0.2) is 0 Å². The molecular formula is C9H18N2. The molecule has 0 amide bonds. The van der Waals surface area contributed by atoms with Crippen molar-refractivity contribution in [2.75, 3.05) is 13.1 Å². The Labute approximate surface area is 68.7 Å². The molecule has 0 bridgehead atoms. The third kappa shape index (κ3) is 1.57. The fourth-order valence-corrected chi connectivity index (χ4v) is 1.92. The van der Waals surface area contributed by atoms with Gasteiger partial charge in [-0.25, -0.2) is 0 Å². The van der Waals surface area contributed by atoms with Gasteiger partial charge in [0.2, 0.25) is 0 Å². The van der Waals surface area contributed by atoms with Crippen molar-refractivity contribution in [1.82, 2.24) is 4.90 Å². The average Bonchev–Trinajstić information content (AvgIpc) is 2.74. The molecule has 64 valence electrons. The lowest BCUT2D eigenvalue weighted by Gasteiger charge is -2.22. The molecular weight excluding hydrogens is 136 g/mol. The maximum absolute atomic E-state index is 5.92. The second kappa shape index (κ2) is 2.76. The zero-order valence-electron chi connectivity index (χ0n) is 7.29. The summed E-state index contributed by atoms with van der Waals surface area (Å²) >= 11 is 0. The van der Waals surface area contributed by atoms with Crippen LogP contribution >= 0.6 is 0 Å². The molecule has 0 aromatic heterocycles. The van der Waals surface area contributed by atoms with Crippen molar-refractivity contribution in [2.45, 2.75) is 38.3 Å². The fraction of sp³-hybridized carbons (Fsp3) is 1.00. The van der Waals surface area contributed by atoms with Gasteiger partial charge < -0.3 is 5.73 Å². The normalized spacial score (nSPS) is 39.8. The quantitative estimate of drug-likeness (QED) is 0.638. The molecule has 2 fully saturated rings. The summed E-state index contributed by atoms with van der Waals surface area (Å²) in [6.45, 7) is 4.81. The Kier molecular flexibility index (Phi) is 1.90. The summed E-state index contributed by atoms with van der Waals surface area (Å²) in [6.07, 6.45) is 4.12. The van der Waals surface area contributed by atoms with Crippen LogP contribution in [0.2, 0.25) is 0 Å². The molecule has 2 nitrogen and oxygen atoms in total. The van der Waals surface area contributed by atoms with E-state index in [4.69, 9.17) is 5.73 Å². The van der Waals surface area contributed by atoms with Gasteiger partial charge in [-0.3, -0.25) is 4.90 Å². The van der Waals surface area contributed by atoms with Gasteiger partial charge in [0.15, 0.2) is 0 Å². The summed E-state index contributed by atoms with van der Waals surface area (Å²) in [6, 6.07) is 1.07. The second-order valence-corrected chi connectivity index (χ2v) is 4.13. The molecule has 2 atom stereocenters. The molecule has 2 aliphatic rings. The highest BCUT2D eigenvalue weighted by Crippen LogP contribution is 2.31. The average molecular weight is 154 g/mol. The number of rotatable bonds is 2. The van der Waals surface area contributed by atoms with E-state index in [2.05, 4.69) is 11.8 Å². The molecule has 2 heteroatoms. The minimum absolute atomic E-state index is 0.439. The first kappa shape index (κ1) is 7.56. The second-order valence-electron chi connectivity index (χ2n) is 4.13. The smallest absolute Gasteiger partial charge is 0.0219 e. The number of likely N-dealkylation sites (tertiary alicyclic amines) is 1. The molecule has 11 heavy (non-hydrogen) atoms. The molecule has 0 aromatic rings. The zero-order valence-corrected chi connectivity index (χ0v) is 7.29. The zero-order chi connectivity index (χ0) is 7.84. The minimum Gasteiger partial charge on any atom is -0.326 e. The first-order valence-corrected chi connectivity index (χ1v) is 4.77. The predicted octanol–water partition coefficient (Wildman–Crippen LogP) is 0.818. The minimum atomic E-state index is 0.439. The number of hydrogen-bond donors (Lipinski definition) is 1. The third-order valence-electron chi connectivity index (χ3n) is 3.13. The van der Waals surface area contributed by atoms with Crippen LogP contribution in [0.3, 0.4) is 0 Å². The van der Waals surface area contributed by atoms with E-state index in [1.807, 2.05) is 0 Å². The Morgan fingerprint density at radius 2 is 2.09 bits per heavy atom. The van der Waals surface area contributed by atoms with E-state index >= 15 is 0 Å². The lowest BCUT2D eigenvalue weighted by atomic mass is 10.2. The molecule has 0 radical (unpaired) electrons. The summed E-state index contributed by atoms with van der Waals surface area (Å²) in [5, 5.41) is 0. The van der Waals surface area contributed by atoms with E-state index < -0.39 is 0 Å². The summed E-state index contributed by atoms with van der Waals surface area (Å²) in [4.78, 5) is 2.56. The van der Waals surface area contributed by atoms with Crippen LogP contribution in [0.4, 0.5) is 0 Å². The number of nitrogens with zero attached hydrogens (tertiary/aromatic N) is 1. The molecule has 2 rings (SSSR count). The summed E-state index contributed by atoms with van der Waals surface area (Å²) in [5.74, 6) is 1.02. The molecule has 1 heterocycles. The van der Waals surface area contributed by atoms with E-state index in [-0.39, 0.29) is 0 Å². The van der Waals surface area contributed by atoms with Crippen LogP contribution in [-0.4, -0.2) is 30.1 Å². The van der Waals surface area contributed by atoms with Gasteiger partial charge in [-0.05, 0) is 32.1 Å². The monoisotopic (exact) mass is 154 g/mol. The van der Waals surface area contributed by atoms with Gasteiger partial charge in [-0.2, -0.15) is 0 Å². The van der Waals surface area contributed by atoms with E-state index in [0.29, 0.717) is 12.1 Å². The van der Waals surface area contributed by atoms with Crippen LogP contribution in [-0.2, 0) is 0 Å². The largest absolute Gasteiger partial charge is 0.326 e. The van der Waals surface area contributed by atoms with Crippen molar-refractivity contribution in [3.8, 4) is 0 Å². The van der Waals surface area contributed by atoms with Crippen molar-refractivity contribution < 1.29 is 0 Å². The molecule has 2 unspecified atom stereocenters. The Morgan fingerprint density at radius 1 is 1.36 bits per heavy atom. The van der Waals surface area contributed by atoms with Gasteiger partial charge in [-0.1, -0.05) is 0 Å². The van der Waals surface area contributed by atoms with Gasteiger partial charge in [-0.15, -0.1) is 0 Å². The van der Waals surface area contributed by atoms with E-state index in [1.165, 1.54) is 32.4 Å². The van der Waals surface area contributed by atoms with Crippen LogP contribution < -0.4 is 5.73 Å². The first-order valence-electron chi connectivity index (χ1n) is 4.77. The van der Waals surface area contributed by atoms with Crippen molar-refractivity contribution in [3.05, 3.63) is 0 Å². The van der Waals surface area contributed by atoms with Crippen LogP contribution in [0.25, 0.3) is 0 Å². The van der Waals surface area contributed by atoms with E-state index in [0.717, 1.165) is 5.92 Å². The Bertz CT molecular complexity index is 142. The van der Waals surface area contributed by atoms with Crippen LogP contribution in [0.1, 0.15) is 26.2 Å². The number of hydrogen-bond acceptors (Lipinski definition) is 2. The summed E-state index contributed by atoms with van der Waals surface area (Å²) in [7, 11) is 0. The van der Waals surface area contributed by atoms with Gasteiger partial charge in [0.1, 0.15) is 0 Å². The topological polar surface area (TPSA) is 29.3 Å². The molecule has 1 aliphatic carbocycles. The van der Waals surface area contributed by atoms with Gasteiger partial charge in [0.05, 0.1) is 0 Å². The molecule has 1 saturated carbocycles. The SMILES string of the molecule is CC1C(N)CCN1CC1CC1. The number of nitrogens with two attached hydrogens (primary N) is 1. The molecule has 0 aromatic carbocycles. The lowest BCUT2D eigenvalue weighted by molar-refractivity contribution is 0.250. The highest BCUT2D eigenvalue weighted by Gasteiger charge is 2.32.